The van der Waals surface area contributed by atoms with Gasteiger partial charge in [-0.25, -0.2) is 0 Å². The van der Waals surface area contributed by atoms with Gasteiger partial charge in [-0.1, -0.05) is 26.8 Å². The highest BCUT2D eigenvalue weighted by Gasteiger charge is 2.38. The minimum Gasteiger partial charge on any atom is -0.373 e. The molecule has 2 unspecified atom stereocenters. The predicted octanol–water partition coefficient (Wildman–Crippen LogP) is 2.48. The second-order valence-corrected chi connectivity index (χ2v) is 7.59. The summed E-state index contributed by atoms with van der Waals surface area (Å²) in [5.74, 6) is -0.637. The SMILES string of the molecule is C=CSC1CC(=O)N(CCC(=O)NCC(C)(CC)OCCCC)C1=O. The molecule has 1 fully saturated rings. The second kappa shape index (κ2) is 10.6. The van der Waals surface area contributed by atoms with Gasteiger partial charge in [0.25, 0.3) is 0 Å². The number of ether oxygens (including phenoxy) is 1. The molecule has 6 nitrogen and oxygen atoms in total. The highest BCUT2D eigenvalue weighted by Crippen LogP contribution is 2.25. The van der Waals surface area contributed by atoms with Crippen molar-refractivity contribution in [2.75, 3.05) is 19.7 Å². The Morgan fingerprint density at radius 2 is 2.20 bits per heavy atom. The van der Waals surface area contributed by atoms with Gasteiger partial charge in [0.15, 0.2) is 0 Å². The van der Waals surface area contributed by atoms with Crippen LogP contribution in [0.4, 0.5) is 0 Å². The third-order valence-electron chi connectivity index (χ3n) is 4.38. The number of rotatable bonds is 12. The summed E-state index contributed by atoms with van der Waals surface area (Å²) in [6, 6.07) is 0. The van der Waals surface area contributed by atoms with Crippen LogP contribution in [0.5, 0.6) is 0 Å². The van der Waals surface area contributed by atoms with Gasteiger partial charge in [-0.15, -0.1) is 11.8 Å². The minimum atomic E-state index is -0.400. The average molecular weight is 371 g/mol. The molecule has 0 saturated carbocycles. The molecular formula is C18H30N2O4S. The number of hydrogen-bond donors (Lipinski definition) is 1. The number of nitrogens with zero attached hydrogens (tertiary/aromatic N) is 1. The molecule has 0 radical (unpaired) electrons. The molecule has 1 saturated heterocycles. The molecule has 142 valence electrons. The van der Waals surface area contributed by atoms with Crippen LogP contribution in [0, 0.1) is 0 Å². The van der Waals surface area contributed by atoms with Crippen LogP contribution in [-0.2, 0) is 19.1 Å². The van der Waals surface area contributed by atoms with Gasteiger partial charge in [0.2, 0.25) is 17.7 Å². The largest absolute Gasteiger partial charge is 0.373 e. The van der Waals surface area contributed by atoms with Gasteiger partial charge in [-0.05, 0) is 25.2 Å². The van der Waals surface area contributed by atoms with E-state index in [0.29, 0.717) is 13.2 Å². The Morgan fingerprint density at radius 3 is 2.80 bits per heavy atom. The van der Waals surface area contributed by atoms with Crippen molar-refractivity contribution in [3.05, 3.63) is 12.0 Å². The maximum atomic E-state index is 12.1. The van der Waals surface area contributed by atoms with Crippen molar-refractivity contribution in [2.24, 2.45) is 0 Å². The Labute approximate surface area is 154 Å². The first-order valence-electron chi connectivity index (χ1n) is 8.88. The van der Waals surface area contributed by atoms with Crippen molar-refractivity contribution >= 4 is 29.5 Å². The molecule has 7 heteroatoms. The number of carbonyl (C=O) groups excluding carboxylic acids is 3. The Morgan fingerprint density at radius 1 is 1.48 bits per heavy atom. The van der Waals surface area contributed by atoms with Gasteiger partial charge >= 0.3 is 0 Å². The lowest BCUT2D eigenvalue weighted by Gasteiger charge is -2.29. The van der Waals surface area contributed by atoms with Crippen molar-refractivity contribution in [3.63, 3.8) is 0 Å². The van der Waals surface area contributed by atoms with Crippen LogP contribution in [0.15, 0.2) is 12.0 Å². The third kappa shape index (κ3) is 6.82. The summed E-state index contributed by atoms with van der Waals surface area (Å²) in [5, 5.41) is 4.02. The zero-order valence-electron chi connectivity index (χ0n) is 15.5. The quantitative estimate of drug-likeness (QED) is 0.422. The van der Waals surface area contributed by atoms with E-state index in [4.69, 9.17) is 4.74 Å². The first-order valence-corrected chi connectivity index (χ1v) is 9.82. The Balaban J connectivity index is 2.40. The van der Waals surface area contributed by atoms with E-state index in [1.807, 2.05) is 13.8 Å². The van der Waals surface area contributed by atoms with Crippen LogP contribution in [0.1, 0.15) is 52.9 Å². The van der Waals surface area contributed by atoms with Gasteiger partial charge in [-0.3, -0.25) is 19.3 Å². The zero-order valence-corrected chi connectivity index (χ0v) is 16.3. The topological polar surface area (TPSA) is 75.7 Å². The minimum absolute atomic E-state index is 0.109. The van der Waals surface area contributed by atoms with E-state index in [9.17, 15) is 14.4 Å². The number of imide groups is 1. The molecule has 0 aliphatic carbocycles. The Bertz CT molecular complexity index is 497. The summed E-state index contributed by atoms with van der Waals surface area (Å²) < 4.78 is 5.88. The predicted molar refractivity (Wildman–Crippen MR) is 100 cm³/mol. The van der Waals surface area contributed by atoms with Crippen molar-refractivity contribution in [2.45, 2.75) is 63.7 Å². The highest BCUT2D eigenvalue weighted by atomic mass is 32.2. The van der Waals surface area contributed by atoms with Crippen LogP contribution in [-0.4, -0.2) is 53.2 Å². The van der Waals surface area contributed by atoms with Gasteiger partial charge in [-0.2, -0.15) is 0 Å². The first-order chi connectivity index (χ1) is 11.9. The Kier molecular flexibility index (Phi) is 9.21. The van der Waals surface area contributed by atoms with Crippen LogP contribution >= 0.6 is 11.8 Å². The van der Waals surface area contributed by atoms with Crippen molar-refractivity contribution in [3.8, 4) is 0 Å². The van der Waals surface area contributed by atoms with E-state index >= 15 is 0 Å². The van der Waals surface area contributed by atoms with Crippen LogP contribution in [0.3, 0.4) is 0 Å². The number of likely N-dealkylation sites (tertiary alicyclic amines) is 1. The molecule has 0 spiro atoms. The monoisotopic (exact) mass is 370 g/mol. The van der Waals surface area contributed by atoms with Crippen molar-refractivity contribution in [1.82, 2.24) is 10.2 Å². The van der Waals surface area contributed by atoms with E-state index in [1.165, 1.54) is 16.7 Å². The summed E-state index contributed by atoms with van der Waals surface area (Å²) in [7, 11) is 0. The van der Waals surface area contributed by atoms with Gasteiger partial charge in [0.05, 0.1) is 10.9 Å². The number of nitrogens with one attached hydrogen (secondary N) is 1. The standard InChI is InChI=1S/C18H30N2O4S/c1-5-8-11-24-18(4,6-2)13-19-15(21)9-10-20-16(22)12-14(17(20)23)25-7-3/h7,14H,3,5-6,8-13H2,1-2,4H3,(H,19,21). The molecule has 25 heavy (non-hydrogen) atoms. The van der Waals surface area contributed by atoms with Gasteiger partial charge in [0, 0.05) is 32.5 Å². The normalized spacial score (nSPS) is 19.8. The van der Waals surface area contributed by atoms with E-state index in [-0.39, 0.29) is 37.1 Å². The smallest absolute Gasteiger partial charge is 0.243 e. The fraction of sp³-hybridized carbons (Fsp3) is 0.722. The van der Waals surface area contributed by atoms with E-state index < -0.39 is 10.9 Å². The molecule has 1 N–H and O–H groups in total. The van der Waals surface area contributed by atoms with Crippen molar-refractivity contribution < 1.29 is 19.1 Å². The van der Waals surface area contributed by atoms with Crippen LogP contribution in [0.25, 0.3) is 0 Å². The van der Waals surface area contributed by atoms with E-state index in [1.54, 1.807) is 5.41 Å². The Hall–Kier alpha value is -1.34. The summed E-state index contributed by atoms with van der Waals surface area (Å²) >= 11 is 1.25. The summed E-state index contributed by atoms with van der Waals surface area (Å²) in [6.07, 6.45) is 3.14. The molecule has 1 rings (SSSR count). The van der Waals surface area contributed by atoms with Gasteiger partial charge in [0.1, 0.15) is 0 Å². The lowest BCUT2D eigenvalue weighted by atomic mass is 10.0. The first kappa shape index (κ1) is 21.7. The zero-order chi connectivity index (χ0) is 18.9. The number of carbonyl (C=O) groups is 3. The van der Waals surface area contributed by atoms with Crippen molar-refractivity contribution in [1.29, 1.82) is 0 Å². The molecule has 3 amide bonds. The summed E-state index contributed by atoms with van der Waals surface area (Å²) in [4.78, 5) is 37.3. The number of amides is 3. The maximum absolute atomic E-state index is 12.1. The molecule has 1 aliphatic heterocycles. The number of thioether (sulfide) groups is 1. The fourth-order valence-corrected chi connectivity index (χ4v) is 3.15. The number of hydrogen-bond acceptors (Lipinski definition) is 5. The van der Waals surface area contributed by atoms with E-state index in [0.717, 1.165) is 19.3 Å². The molecule has 0 aromatic rings. The highest BCUT2D eigenvalue weighted by molar-refractivity contribution is 8.03. The third-order valence-corrected chi connectivity index (χ3v) is 5.27. The van der Waals surface area contributed by atoms with Gasteiger partial charge < -0.3 is 10.1 Å². The molecular weight excluding hydrogens is 340 g/mol. The molecule has 0 aromatic carbocycles. The molecule has 0 aromatic heterocycles. The van der Waals surface area contributed by atoms with Crippen LogP contribution in [0.2, 0.25) is 0 Å². The molecule has 0 bridgehead atoms. The molecule has 2 atom stereocenters. The summed E-state index contributed by atoms with van der Waals surface area (Å²) in [5.41, 5.74) is -0.393. The lowest BCUT2D eigenvalue weighted by molar-refractivity contribution is -0.138. The second-order valence-electron chi connectivity index (χ2n) is 6.41. The molecule has 1 aliphatic rings. The van der Waals surface area contributed by atoms with E-state index in [2.05, 4.69) is 18.8 Å². The number of unbranched alkanes of at least 4 members (excludes halogenated alkanes) is 1. The molecule has 1 heterocycles. The maximum Gasteiger partial charge on any atom is 0.243 e. The average Bonchev–Trinajstić information content (AvgIpc) is 2.85. The lowest BCUT2D eigenvalue weighted by Crippen LogP contribution is -2.43. The summed E-state index contributed by atoms with van der Waals surface area (Å²) in [6.45, 7) is 10.9. The fourth-order valence-electron chi connectivity index (χ4n) is 2.44. The van der Waals surface area contributed by atoms with Crippen LogP contribution < -0.4 is 5.32 Å².